The zero-order chi connectivity index (χ0) is 12.4. The normalized spacial score (nSPS) is 14.4. The van der Waals surface area contributed by atoms with Crippen LogP contribution in [0.15, 0.2) is 18.2 Å². The van der Waals surface area contributed by atoms with Crippen molar-refractivity contribution < 1.29 is 14.3 Å². The second-order valence-corrected chi connectivity index (χ2v) is 3.83. The summed E-state index contributed by atoms with van der Waals surface area (Å²) in [4.78, 5) is 22.4. The Bertz CT molecular complexity index is 477. The molecule has 6 nitrogen and oxygen atoms in total. The zero-order valence-electron chi connectivity index (χ0n) is 9.73. The van der Waals surface area contributed by atoms with Crippen LogP contribution in [0.5, 0.6) is 5.75 Å². The first-order valence-electron chi connectivity index (χ1n) is 5.19. The molecular formula is C11H14ClN3O3. The van der Waals surface area contributed by atoms with Gasteiger partial charge in [-0.25, -0.2) is 0 Å². The fraction of sp³-hybridized carbons (Fsp3) is 0.273. The molecule has 2 amide bonds. The smallest absolute Gasteiger partial charge is 0.262 e. The van der Waals surface area contributed by atoms with E-state index >= 15 is 0 Å². The summed E-state index contributed by atoms with van der Waals surface area (Å²) in [7, 11) is 0. The van der Waals surface area contributed by atoms with Gasteiger partial charge in [0.1, 0.15) is 5.75 Å². The van der Waals surface area contributed by atoms with Crippen molar-refractivity contribution in [3.05, 3.63) is 18.2 Å². The highest BCUT2D eigenvalue weighted by molar-refractivity contribution is 5.97. The highest BCUT2D eigenvalue weighted by Gasteiger charge is 2.16. The van der Waals surface area contributed by atoms with Crippen molar-refractivity contribution in [1.82, 2.24) is 0 Å². The molecule has 0 aliphatic carbocycles. The molecule has 98 valence electrons. The average Bonchev–Trinajstić information content (AvgIpc) is 2.29. The molecule has 4 N–H and O–H groups in total. The molecule has 0 aromatic heterocycles. The number of benzene rings is 1. The topological polar surface area (TPSA) is 93.5 Å². The predicted molar refractivity (Wildman–Crippen MR) is 70.1 cm³/mol. The first-order valence-corrected chi connectivity index (χ1v) is 5.19. The minimum Gasteiger partial charge on any atom is -0.482 e. The minimum atomic E-state index is -0.577. The highest BCUT2D eigenvalue weighted by Crippen LogP contribution is 2.30. The molecule has 1 atom stereocenters. The van der Waals surface area contributed by atoms with E-state index in [0.717, 1.165) is 0 Å². The van der Waals surface area contributed by atoms with Gasteiger partial charge in [0.05, 0.1) is 11.7 Å². The van der Waals surface area contributed by atoms with Crippen molar-refractivity contribution in [2.24, 2.45) is 5.73 Å². The van der Waals surface area contributed by atoms with E-state index in [4.69, 9.17) is 10.5 Å². The standard InChI is InChI=1S/C11H13N3O3.ClH/c1-6(12)11(16)13-7-2-3-8-9(4-7)17-5-10(15)14-8;/h2-4,6H,5,12H2,1H3,(H,13,16)(H,14,15);1H/t6-;/m1./s1. The number of rotatable bonds is 2. The molecule has 18 heavy (non-hydrogen) atoms. The Kier molecular flexibility index (Phi) is 4.52. The monoisotopic (exact) mass is 271 g/mol. The first-order chi connectivity index (χ1) is 8.06. The van der Waals surface area contributed by atoms with Gasteiger partial charge >= 0.3 is 0 Å². The molecule has 2 rings (SSSR count). The van der Waals surface area contributed by atoms with Gasteiger partial charge in [-0.1, -0.05) is 0 Å². The van der Waals surface area contributed by atoms with E-state index in [-0.39, 0.29) is 30.8 Å². The summed E-state index contributed by atoms with van der Waals surface area (Å²) in [5.41, 5.74) is 6.62. The maximum atomic E-state index is 11.4. The van der Waals surface area contributed by atoms with E-state index in [1.807, 2.05) is 0 Å². The Balaban J connectivity index is 0.00000162. The molecule has 0 radical (unpaired) electrons. The van der Waals surface area contributed by atoms with Crippen molar-refractivity contribution >= 4 is 35.6 Å². The number of ether oxygens (including phenoxy) is 1. The highest BCUT2D eigenvalue weighted by atomic mass is 35.5. The number of carbonyl (C=O) groups is 2. The molecule has 1 heterocycles. The Morgan fingerprint density at radius 2 is 2.28 bits per heavy atom. The predicted octanol–water partition coefficient (Wildman–Crippen LogP) is 0.725. The van der Waals surface area contributed by atoms with Gasteiger partial charge in [0.2, 0.25) is 5.91 Å². The lowest BCUT2D eigenvalue weighted by Gasteiger charge is -2.18. The molecule has 1 aromatic rings. The van der Waals surface area contributed by atoms with Crippen LogP contribution in [0, 0.1) is 0 Å². The Hall–Kier alpha value is -1.79. The van der Waals surface area contributed by atoms with E-state index in [1.54, 1.807) is 25.1 Å². The third-order valence-corrected chi connectivity index (χ3v) is 2.30. The summed E-state index contributed by atoms with van der Waals surface area (Å²) < 4.78 is 5.22. The summed E-state index contributed by atoms with van der Waals surface area (Å²) in [6, 6.07) is 4.42. The molecule has 0 saturated carbocycles. The SMILES string of the molecule is C[C@@H](N)C(=O)Nc1ccc2c(c1)OCC(=O)N2.Cl. The largest absolute Gasteiger partial charge is 0.482 e. The third kappa shape index (κ3) is 3.12. The van der Waals surface area contributed by atoms with Crippen molar-refractivity contribution in [2.75, 3.05) is 17.2 Å². The molecular weight excluding hydrogens is 258 g/mol. The van der Waals surface area contributed by atoms with Gasteiger partial charge in [-0.3, -0.25) is 9.59 Å². The third-order valence-electron chi connectivity index (χ3n) is 2.30. The number of nitrogens with two attached hydrogens (primary N) is 1. The molecule has 0 bridgehead atoms. The first kappa shape index (κ1) is 14.3. The number of hydrogen-bond donors (Lipinski definition) is 3. The lowest BCUT2D eigenvalue weighted by Crippen LogP contribution is -2.32. The number of nitrogens with one attached hydrogen (secondary N) is 2. The number of hydrogen-bond acceptors (Lipinski definition) is 4. The van der Waals surface area contributed by atoms with E-state index in [9.17, 15) is 9.59 Å². The van der Waals surface area contributed by atoms with E-state index in [0.29, 0.717) is 17.1 Å². The van der Waals surface area contributed by atoms with Crippen molar-refractivity contribution in [3.8, 4) is 5.75 Å². The lowest BCUT2D eigenvalue weighted by atomic mass is 10.2. The van der Waals surface area contributed by atoms with Gasteiger partial charge < -0.3 is 21.1 Å². The molecule has 0 spiro atoms. The molecule has 0 fully saturated rings. The summed E-state index contributed by atoms with van der Waals surface area (Å²) in [6.45, 7) is 1.59. The van der Waals surface area contributed by atoms with Crippen LogP contribution in [0.3, 0.4) is 0 Å². The summed E-state index contributed by atoms with van der Waals surface area (Å²) in [5.74, 6) is 0.0711. The molecule has 0 saturated heterocycles. The number of halogens is 1. The molecule has 7 heteroatoms. The van der Waals surface area contributed by atoms with Crippen LogP contribution >= 0.6 is 12.4 Å². The van der Waals surface area contributed by atoms with Crippen molar-refractivity contribution in [3.63, 3.8) is 0 Å². The van der Waals surface area contributed by atoms with E-state index < -0.39 is 6.04 Å². The van der Waals surface area contributed by atoms with Crippen LogP contribution in [0.2, 0.25) is 0 Å². The maximum absolute atomic E-state index is 11.4. The summed E-state index contributed by atoms with van der Waals surface area (Å²) in [5, 5.41) is 5.31. The summed E-state index contributed by atoms with van der Waals surface area (Å²) in [6.07, 6.45) is 0. The van der Waals surface area contributed by atoms with Crippen LogP contribution < -0.4 is 21.1 Å². The van der Waals surface area contributed by atoms with Gasteiger partial charge in [-0.2, -0.15) is 0 Å². The zero-order valence-corrected chi connectivity index (χ0v) is 10.5. The van der Waals surface area contributed by atoms with Crippen LogP contribution in [-0.4, -0.2) is 24.5 Å². The van der Waals surface area contributed by atoms with E-state index in [1.165, 1.54) is 0 Å². The van der Waals surface area contributed by atoms with Gasteiger partial charge in [0.25, 0.3) is 5.91 Å². The summed E-state index contributed by atoms with van der Waals surface area (Å²) >= 11 is 0. The molecule has 0 unspecified atom stereocenters. The Morgan fingerprint density at radius 1 is 1.56 bits per heavy atom. The lowest BCUT2D eigenvalue weighted by molar-refractivity contribution is -0.119. The Morgan fingerprint density at radius 3 is 2.94 bits per heavy atom. The minimum absolute atomic E-state index is 0. The fourth-order valence-electron chi connectivity index (χ4n) is 1.41. The maximum Gasteiger partial charge on any atom is 0.262 e. The van der Waals surface area contributed by atoms with Crippen LogP contribution in [-0.2, 0) is 9.59 Å². The molecule has 1 aliphatic rings. The van der Waals surface area contributed by atoms with Crippen LogP contribution in [0.4, 0.5) is 11.4 Å². The number of carbonyl (C=O) groups excluding carboxylic acids is 2. The van der Waals surface area contributed by atoms with Crippen LogP contribution in [0.1, 0.15) is 6.92 Å². The Labute approximate surface area is 110 Å². The number of amides is 2. The quantitative estimate of drug-likeness (QED) is 0.739. The van der Waals surface area contributed by atoms with Gasteiger partial charge in [0.15, 0.2) is 6.61 Å². The number of fused-ring (bicyclic) bond motifs is 1. The second-order valence-electron chi connectivity index (χ2n) is 3.83. The second kappa shape index (κ2) is 5.70. The number of anilines is 2. The fourth-order valence-corrected chi connectivity index (χ4v) is 1.41. The average molecular weight is 272 g/mol. The van der Waals surface area contributed by atoms with Gasteiger partial charge in [-0.15, -0.1) is 12.4 Å². The van der Waals surface area contributed by atoms with Crippen LogP contribution in [0.25, 0.3) is 0 Å². The molecule has 1 aromatic carbocycles. The van der Waals surface area contributed by atoms with E-state index in [2.05, 4.69) is 10.6 Å². The van der Waals surface area contributed by atoms with Gasteiger partial charge in [-0.05, 0) is 19.1 Å². The van der Waals surface area contributed by atoms with Gasteiger partial charge in [0, 0.05) is 11.8 Å². The van der Waals surface area contributed by atoms with Crippen molar-refractivity contribution in [2.45, 2.75) is 13.0 Å². The van der Waals surface area contributed by atoms with Crippen molar-refractivity contribution in [1.29, 1.82) is 0 Å². The molecule has 1 aliphatic heterocycles.